The van der Waals surface area contributed by atoms with Crippen LogP contribution in [0.3, 0.4) is 0 Å². The van der Waals surface area contributed by atoms with Gasteiger partial charge in [0, 0.05) is 24.3 Å². The van der Waals surface area contributed by atoms with Crippen molar-refractivity contribution in [1.82, 2.24) is 4.90 Å². The van der Waals surface area contributed by atoms with Crippen LogP contribution in [0, 0.1) is 12.8 Å². The maximum Gasteiger partial charge on any atom is 0.244 e. The van der Waals surface area contributed by atoms with Gasteiger partial charge in [-0.05, 0) is 36.6 Å². The number of carbonyl (C=O) groups excluding carboxylic acids is 2. The third kappa shape index (κ3) is 3.29. The molecular weight excluding hydrogens is 254 g/mol. The molecule has 5 nitrogen and oxygen atoms in total. The first kappa shape index (κ1) is 14.4. The fourth-order valence-electron chi connectivity index (χ4n) is 2.47. The lowest BCUT2D eigenvalue weighted by Crippen LogP contribution is -2.34. The summed E-state index contributed by atoms with van der Waals surface area (Å²) in [6.07, 6.45) is 1.53. The number of rotatable bonds is 4. The van der Waals surface area contributed by atoms with Gasteiger partial charge in [-0.15, -0.1) is 0 Å². The molecular formula is C15H21N3O2. The van der Waals surface area contributed by atoms with Gasteiger partial charge in [0.25, 0.3) is 0 Å². The van der Waals surface area contributed by atoms with Gasteiger partial charge in [0.1, 0.15) is 0 Å². The van der Waals surface area contributed by atoms with Gasteiger partial charge in [-0.25, -0.2) is 0 Å². The van der Waals surface area contributed by atoms with Crippen LogP contribution < -0.4 is 11.1 Å². The lowest BCUT2D eigenvalue weighted by molar-refractivity contribution is -0.131. The van der Waals surface area contributed by atoms with E-state index >= 15 is 0 Å². The van der Waals surface area contributed by atoms with Crippen molar-refractivity contribution in [3.8, 4) is 0 Å². The van der Waals surface area contributed by atoms with Gasteiger partial charge >= 0.3 is 0 Å². The molecule has 0 saturated carbocycles. The standard InChI is InChI=1S/C15H21N3O2/c1-3-11-7-15(20)18(8-11)9-14(19)17-13-5-4-12(16)6-10(13)2/h4-6,11H,3,7-9,16H2,1-2H3,(H,17,19). The van der Waals surface area contributed by atoms with Crippen molar-refractivity contribution in [1.29, 1.82) is 0 Å². The Morgan fingerprint density at radius 2 is 2.25 bits per heavy atom. The van der Waals surface area contributed by atoms with Gasteiger partial charge in [0.15, 0.2) is 0 Å². The first-order valence-electron chi connectivity index (χ1n) is 6.93. The van der Waals surface area contributed by atoms with Crippen LogP contribution in [0.25, 0.3) is 0 Å². The maximum atomic E-state index is 12.0. The fourth-order valence-corrected chi connectivity index (χ4v) is 2.47. The van der Waals surface area contributed by atoms with E-state index in [1.54, 1.807) is 17.0 Å². The number of nitrogen functional groups attached to an aromatic ring is 1. The molecule has 1 aromatic carbocycles. The number of nitrogens with zero attached hydrogens (tertiary/aromatic N) is 1. The van der Waals surface area contributed by atoms with Gasteiger partial charge < -0.3 is 16.0 Å². The predicted octanol–water partition coefficient (Wildman–Crippen LogP) is 1.77. The van der Waals surface area contributed by atoms with Crippen LogP contribution in [0.5, 0.6) is 0 Å². The maximum absolute atomic E-state index is 12.0. The Morgan fingerprint density at radius 3 is 2.85 bits per heavy atom. The highest BCUT2D eigenvalue weighted by atomic mass is 16.2. The Morgan fingerprint density at radius 1 is 1.50 bits per heavy atom. The second-order valence-corrected chi connectivity index (χ2v) is 5.38. The smallest absolute Gasteiger partial charge is 0.244 e. The lowest BCUT2D eigenvalue weighted by Gasteiger charge is -2.16. The summed E-state index contributed by atoms with van der Waals surface area (Å²) in [6.45, 7) is 4.77. The van der Waals surface area contributed by atoms with Gasteiger partial charge in [-0.1, -0.05) is 13.3 Å². The Balaban J connectivity index is 1.94. The predicted molar refractivity (Wildman–Crippen MR) is 79.2 cm³/mol. The number of nitrogens with one attached hydrogen (secondary N) is 1. The topological polar surface area (TPSA) is 75.4 Å². The molecule has 1 aliphatic rings. The third-order valence-corrected chi connectivity index (χ3v) is 3.73. The molecule has 5 heteroatoms. The lowest BCUT2D eigenvalue weighted by atomic mass is 10.1. The molecule has 0 aliphatic carbocycles. The van der Waals surface area contributed by atoms with E-state index in [0.717, 1.165) is 17.7 Å². The molecule has 2 rings (SSSR count). The Labute approximate surface area is 119 Å². The van der Waals surface area contributed by atoms with Crippen molar-refractivity contribution in [3.63, 3.8) is 0 Å². The zero-order chi connectivity index (χ0) is 14.7. The molecule has 20 heavy (non-hydrogen) atoms. The summed E-state index contributed by atoms with van der Waals surface area (Å²) in [5.74, 6) is 0.289. The first-order valence-corrected chi connectivity index (χ1v) is 6.93. The Kier molecular flexibility index (Phi) is 4.27. The summed E-state index contributed by atoms with van der Waals surface area (Å²) >= 11 is 0. The fraction of sp³-hybridized carbons (Fsp3) is 0.467. The molecule has 1 atom stereocenters. The number of carbonyl (C=O) groups is 2. The second-order valence-electron chi connectivity index (χ2n) is 5.38. The highest BCUT2D eigenvalue weighted by Crippen LogP contribution is 2.21. The molecule has 3 N–H and O–H groups in total. The average molecular weight is 275 g/mol. The second kappa shape index (κ2) is 5.94. The van der Waals surface area contributed by atoms with Crippen LogP contribution in [0.2, 0.25) is 0 Å². The molecule has 0 spiro atoms. The first-order chi connectivity index (χ1) is 9.49. The number of hydrogen-bond donors (Lipinski definition) is 2. The van der Waals surface area contributed by atoms with E-state index in [0.29, 0.717) is 24.6 Å². The normalized spacial score (nSPS) is 18.4. The van der Waals surface area contributed by atoms with Crippen molar-refractivity contribution >= 4 is 23.2 Å². The summed E-state index contributed by atoms with van der Waals surface area (Å²) in [6, 6.07) is 5.34. The molecule has 1 fully saturated rings. The van der Waals surface area contributed by atoms with Crippen molar-refractivity contribution in [3.05, 3.63) is 23.8 Å². The summed E-state index contributed by atoms with van der Waals surface area (Å²) in [7, 11) is 0. The summed E-state index contributed by atoms with van der Waals surface area (Å²) < 4.78 is 0. The summed E-state index contributed by atoms with van der Waals surface area (Å²) in [5.41, 5.74) is 7.99. The highest BCUT2D eigenvalue weighted by molar-refractivity contribution is 5.95. The van der Waals surface area contributed by atoms with Crippen LogP contribution >= 0.6 is 0 Å². The van der Waals surface area contributed by atoms with Crippen LogP contribution in [-0.4, -0.2) is 29.8 Å². The van der Waals surface area contributed by atoms with E-state index in [4.69, 9.17) is 5.73 Å². The Bertz CT molecular complexity index is 528. The van der Waals surface area contributed by atoms with Crippen LogP contribution in [-0.2, 0) is 9.59 Å². The molecule has 1 heterocycles. The monoisotopic (exact) mass is 275 g/mol. The number of anilines is 2. The molecule has 1 aromatic rings. The minimum Gasteiger partial charge on any atom is -0.399 e. The molecule has 1 unspecified atom stereocenters. The van der Waals surface area contributed by atoms with E-state index in [9.17, 15) is 9.59 Å². The number of benzene rings is 1. The molecule has 0 radical (unpaired) electrons. The van der Waals surface area contributed by atoms with Gasteiger partial charge in [-0.3, -0.25) is 9.59 Å². The molecule has 1 aliphatic heterocycles. The summed E-state index contributed by atoms with van der Waals surface area (Å²) in [5, 5.41) is 2.83. The molecule has 0 bridgehead atoms. The average Bonchev–Trinajstić information content (AvgIpc) is 2.74. The molecule has 2 amide bonds. The van der Waals surface area contributed by atoms with Gasteiger partial charge in [0.05, 0.1) is 6.54 Å². The van der Waals surface area contributed by atoms with Crippen molar-refractivity contribution in [2.24, 2.45) is 5.92 Å². The van der Waals surface area contributed by atoms with E-state index in [-0.39, 0.29) is 18.4 Å². The number of hydrogen-bond acceptors (Lipinski definition) is 3. The number of amides is 2. The number of aryl methyl sites for hydroxylation is 1. The molecule has 108 valence electrons. The van der Waals surface area contributed by atoms with Crippen LogP contribution in [0.1, 0.15) is 25.3 Å². The SMILES string of the molecule is CCC1CC(=O)N(CC(=O)Nc2ccc(N)cc2C)C1. The van der Waals surface area contributed by atoms with Crippen LogP contribution in [0.15, 0.2) is 18.2 Å². The van der Waals surface area contributed by atoms with E-state index in [2.05, 4.69) is 12.2 Å². The number of likely N-dealkylation sites (tertiary alicyclic amines) is 1. The van der Waals surface area contributed by atoms with Crippen molar-refractivity contribution in [2.75, 3.05) is 24.1 Å². The van der Waals surface area contributed by atoms with E-state index in [1.807, 2.05) is 13.0 Å². The van der Waals surface area contributed by atoms with E-state index < -0.39 is 0 Å². The van der Waals surface area contributed by atoms with Gasteiger partial charge in [-0.2, -0.15) is 0 Å². The van der Waals surface area contributed by atoms with Gasteiger partial charge in [0.2, 0.25) is 11.8 Å². The largest absolute Gasteiger partial charge is 0.399 e. The Hall–Kier alpha value is -2.04. The third-order valence-electron chi connectivity index (χ3n) is 3.73. The van der Waals surface area contributed by atoms with Crippen LogP contribution in [0.4, 0.5) is 11.4 Å². The highest BCUT2D eigenvalue weighted by Gasteiger charge is 2.29. The molecule has 1 saturated heterocycles. The van der Waals surface area contributed by atoms with Crippen molar-refractivity contribution < 1.29 is 9.59 Å². The van der Waals surface area contributed by atoms with E-state index in [1.165, 1.54) is 0 Å². The quantitative estimate of drug-likeness (QED) is 0.822. The summed E-state index contributed by atoms with van der Waals surface area (Å²) in [4.78, 5) is 25.4. The number of nitrogens with two attached hydrogens (primary N) is 1. The minimum absolute atomic E-state index is 0.0704. The molecule has 0 aromatic heterocycles. The zero-order valence-electron chi connectivity index (χ0n) is 12.0. The minimum atomic E-state index is -0.164. The van der Waals surface area contributed by atoms with Crippen molar-refractivity contribution in [2.45, 2.75) is 26.7 Å². The zero-order valence-corrected chi connectivity index (χ0v) is 12.0.